The Balaban J connectivity index is 1.50. The first-order valence-corrected chi connectivity index (χ1v) is 8.39. The van der Waals surface area contributed by atoms with Crippen molar-refractivity contribution in [3.8, 4) is 0 Å². The van der Waals surface area contributed by atoms with Gasteiger partial charge in [0, 0.05) is 56.6 Å². The standard InChI is InChI=1S/C18H23N5O/c1-12-15-5-4-14(10-16(15)23(3)21-12)20-11-13-6-9-24-17(13)18-19-7-8-22(18)2/h4-5,7-8,10,13,17,20H,6,9,11H2,1-3H3/t13-,17+/m0/s1. The lowest BCUT2D eigenvalue weighted by molar-refractivity contribution is 0.0839. The Hall–Kier alpha value is -2.34. The van der Waals surface area contributed by atoms with Crippen molar-refractivity contribution in [1.29, 1.82) is 0 Å². The first-order chi connectivity index (χ1) is 11.6. The zero-order valence-electron chi connectivity index (χ0n) is 14.4. The van der Waals surface area contributed by atoms with E-state index in [-0.39, 0.29) is 6.10 Å². The SMILES string of the molecule is Cc1nn(C)c2cc(NC[C@@H]3CCO[C@H]3c3nccn3C)ccc12. The minimum atomic E-state index is 0.0696. The first-order valence-electron chi connectivity index (χ1n) is 8.39. The molecule has 2 aromatic heterocycles. The third-order valence-electron chi connectivity index (χ3n) is 4.93. The predicted molar refractivity (Wildman–Crippen MR) is 93.9 cm³/mol. The fraction of sp³-hybridized carbons (Fsp3) is 0.444. The lowest BCUT2D eigenvalue weighted by atomic mass is 10.0. The van der Waals surface area contributed by atoms with Crippen molar-refractivity contribution in [3.05, 3.63) is 42.1 Å². The number of anilines is 1. The molecule has 24 heavy (non-hydrogen) atoms. The van der Waals surface area contributed by atoms with Crippen LogP contribution in [0.1, 0.15) is 24.0 Å². The Morgan fingerprint density at radius 1 is 1.33 bits per heavy atom. The van der Waals surface area contributed by atoms with E-state index < -0.39 is 0 Å². The average molecular weight is 325 g/mol. The van der Waals surface area contributed by atoms with Gasteiger partial charge in [0.2, 0.25) is 0 Å². The highest BCUT2D eigenvalue weighted by atomic mass is 16.5. The molecule has 1 aromatic carbocycles. The van der Waals surface area contributed by atoms with Crippen molar-refractivity contribution >= 4 is 16.6 Å². The number of hydrogen-bond acceptors (Lipinski definition) is 4. The van der Waals surface area contributed by atoms with Crippen LogP contribution in [0.4, 0.5) is 5.69 Å². The quantitative estimate of drug-likeness (QED) is 0.801. The normalized spacial score (nSPS) is 20.8. The van der Waals surface area contributed by atoms with Crippen molar-refractivity contribution in [3.63, 3.8) is 0 Å². The summed E-state index contributed by atoms with van der Waals surface area (Å²) >= 11 is 0. The third-order valence-corrected chi connectivity index (χ3v) is 4.93. The van der Waals surface area contributed by atoms with E-state index in [4.69, 9.17) is 4.74 Å². The molecule has 126 valence electrons. The van der Waals surface area contributed by atoms with Crippen LogP contribution in [0.5, 0.6) is 0 Å². The average Bonchev–Trinajstić information content (AvgIpc) is 3.26. The van der Waals surface area contributed by atoms with Crippen molar-refractivity contribution in [2.45, 2.75) is 19.4 Å². The summed E-state index contributed by atoms with van der Waals surface area (Å²) in [4.78, 5) is 4.46. The third kappa shape index (κ3) is 2.57. The van der Waals surface area contributed by atoms with Crippen molar-refractivity contribution in [2.75, 3.05) is 18.5 Å². The maximum absolute atomic E-state index is 5.93. The molecule has 3 heterocycles. The number of imidazole rings is 1. The van der Waals surface area contributed by atoms with Gasteiger partial charge in [0.25, 0.3) is 0 Å². The summed E-state index contributed by atoms with van der Waals surface area (Å²) in [6, 6.07) is 6.44. The van der Waals surface area contributed by atoms with Crippen LogP contribution in [0.2, 0.25) is 0 Å². The lowest BCUT2D eigenvalue weighted by Crippen LogP contribution is -2.20. The second-order valence-electron chi connectivity index (χ2n) is 6.56. The molecule has 6 nitrogen and oxygen atoms in total. The van der Waals surface area contributed by atoms with Crippen LogP contribution >= 0.6 is 0 Å². The number of benzene rings is 1. The molecule has 4 rings (SSSR count). The fourth-order valence-corrected chi connectivity index (χ4v) is 3.58. The zero-order valence-corrected chi connectivity index (χ0v) is 14.4. The number of nitrogens with one attached hydrogen (secondary N) is 1. The smallest absolute Gasteiger partial charge is 0.138 e. The largest absolute Gasteiger partial charge is 0.385 e. The maximum Gasteiger partial charge on any atom is 0.138 e. The summed E-state index contributed by atoms with van der Waals surface area (Å²) in [5, 5.41) is 9.26. The number of hydrogen-bond donors (Lipinski definition) is 1. The first kappa shape index (κ1) is 15.2. The summed E-state index contributed by atoms with van der Waals surface area (Å²) in [5.74, 6) is 1.44. The van der Waals surface area contributed by atoms with Crippen LogP contribution < -0.4 is 5.32 Å². The molecule has 0 aliphatic carbocycles. The van der Waals surface area contributed by atoms with E-state index in [0.29, 0.717) is 5.92 Å². The maximum atomic E-state index is 5.93. The molecule has 3 aromatic rings. The molecule has 1 saturated heterocycles. The minimum absolute atomic E-state index is 0.0696. The molecular formula is C18H23N5O. The van der Waals surface area contributed by atoms with Crippen molar-refractivity contribution in [1.82, 2.24) is 19.3 Å². The molecule has 2 atom stereocenters. The summed E-state index contributed by atoms with van der Waals surface area (Å²) in [6.45, 7) is 3.71. The second-order valence-corrected chi connectivity index (χ2v) is 6.56. The second kappa shape index (κ2) is 5.94. The van der Waals surface area contributed by atoms with Crippen LogP contribution in [-0.2, 0) is 18.8 Å². The Morgan fingerprint density at radius 3 is 3.00 bits per heavy atom. The van der Waals surface area contributed by atoms with Crippen LogP contribution in [0, 0.1) is 12.8 Å². The molecule has 0 radical (unpaired) electrons. The molecule has 1 N–H and O–H groups in total. The van der Waals surface area contributed by atoms with Crippen LogP contribution in [0.25, 0.3) is 10.9 Å². The minimum Gasteiger partial charge on any atom is -0.385 e. The van der Waals surface area contributed by atoms with Crippen LogP contribution in [-0.4, -0.2) is 32.5 Å². The molecule has 0 spiro atoms. The fourth-order valence-electron chi connectivity index (χ4n) is 3.58. The molecule has 0 unspecified atom stereocenters. The molecule has 6 heteroatoms. The zero-order chi connectivity index (χ0) is 16.7. The van der Waals surface area contributed by atoms with Gasteiger partial charge in [-0.3, -0.25) is 4.68 Å². The predicted octanol–water partition coefficient (Wildman–Crippen LogP) is 2.80. The molecule has 1 aliphatic rings. The molecule has 1 aliphatic heterocycles. The van der Waals surface area contributed by atoms with E-state index in [1.807, 2.05) is 42.7 Å². The van der Waals surface area contributed by atoms with E-state index in [1.165, 1.54) is 5.39 Å². The van der Waals surface area contributed by atoms with E-state index >= 15 is 0 Å². The van der Waals surface area contributed by atoms with Gasteiger partial charge in [-0.1, -0.05) is 0 Å². The Kier molecular flexibility index (Phi) is 3.76. The summed E-state index contributed by atoms with van der Waals surface area (Å²) in [7, 11) is 4.01. The highest BCUT2D eigenvalue weighted by molar-refractivity contribution is 5.85. The number of fused-ring (bicyclic) bond motifs is 1. The number of nitrogens with zero attached hydrogens (tertiary/aromatic N) is 4. The Labute approximate surface area is 141 Å². The number of ether oxygens (including phenoxy) is 1. The van der Waals surface area contributed by atoms with E-state index in [0.717, 1.165) is 42.3 Å². The van der Waals surface area contributed by atoms with Gasteiger partial charge < -0.3 is 14.6 Å². The summed E-state index contributed by atoms with van der Waals surface area (Å²) in [6.07, 6.45) is 4.93. The molecule has 0 saturated carbocycles. The van der Waals surface area contributed by atoms with Gasteiger partial charge >= 0.3 is 0 Å². The molecule has 0 amide bonds. The lowest BCUT2D eigenvalue weighted by Gasteiger charge is -2.19. The van der Waals surface area contributed by atoms with E-state index in [9.17, 15) is 0 Å². The summed E-state index contributed by atoms with van der Waals surface area (Å²) < 4.78 is 9.92. The topological polar surface area (TPSA) is 56.9 Å². The molecule has 0 bridgehead atoms. The summed E-state index contributed by atoms with van der Waals surface area (Å²) in [5.41, 5.74) is 3.34. The van der Waals surface area contributed by atoms with E-state index in [2.05, 4.69) is 33.6 Å². The van der Waals surface area contributed by atoms with Crippen molar-refractivity contribution < 1.29 is 4.74 Å². The monoisotopic (exact) mass is 325 g/mol. The van der Waals surface area contributed by atoms with Gasteiger partial charge in [-0.25, -0.2) is 4.98 Å². The van der Waals surface area contributed by atoms with Crippen LogP contribution in [0.15, 0.2) is 30.6 Å². The van der Waals surface area contributed by atoms with E-state index in [1.54, 1.807) is 0 Å². The highest BCUT2D eigenvalue weighted by Gasteiger charge is 2.32. The van der Waals surface area contributed by atoms with Gasteiger partial charge in [-0.2, -0.15) is 5.10 Å². The number of aryl methyl sites for hydroxylation is 3. The Morgan fingerprint density at radius 2 is 2.21 bits per heavy atom. The van der Waals surface area contributed by atoms with Gasteiger partial charge in [-0.05, 0) is 31.5 Å². The number of rotatable bonds is 4. The molecule has 1 fully saturated rings. The van der Waals surface area contributed by atoms with Gasteiger partial charge in [-0.15, -0.1) is 0 Å². The highest BCUT2D eigenvalue weighted by Crippen LogP contribution is 2.33. The van der Waals surface area contributed by atoms with Crippen molar-refractivity contribution in [2.24, 2.45) is 20.0 Å². The molecular weight excluding hydrogens is 302 g/mol. The van der Waals surface area contributed by atoms with Gasteiger partial charge in [0.05, 0.1) is 11.2 Å². The van der Waals surface area contributed by atoms with Gasteiger partial charge in [0.15, 0.2) is 0 Å². The van der Waals surface area contributed by atoms with Gasteiger partial charge in [0.1, 0.15) is 11.9 Å². The van der Waals surface area contributed by atoms with Crippen LogP contribution in [0.3, 0.4) is 0 Å². The Bertz CT molecular complexity index is 866. The number of aromatic nitrogens is 4.